The standard InChI is InChI=1S/C6H15N2O4P.C5H11NO2/c1-8(2,3)5-4-7-6(9)13(10,11)12;1-6(2,3)4-5(7)8/h4-5H2,1-3H3,(H2-,7,9,10,11,12);4H2,1-3H3. The van der Waals surface area contributed by atoms with Gasteiger partial charge in [-0.15, -0.1) is 0 Å². The van der Waals surface area contributed by atoms with Gasteiger partial charge in [0.15, 0.2) is 0 Å². The molecule has 0 bridgehead atoms. The maximum Gasteiger partial charge on any atom is 0.291 e. The Morgan fingerprint density at radius 3 is 1.71 bits per heavy atom. The summed E-state index contributed by atoms with van der Waals surface area (Å²) in [6.07, 6.45) is 0. The third kappa shape index (κ3) is 19.0. The molecule has 9 nitrogen and oxygen atoms in total. The number of carbonyl (C=O) groups excluding carboxylic acids is 2. The number of quaternary nitrogens is 2. The van der Waals surface area contributed by atoms with Crippen LogP contribution in [0.25, 0.3) is 0 Å². The first-order valence-electron chi connectivity index (χ1n) is 6.17. The minimum absolute atomic E-state index is 0.0694. The molecule has 0 heterocycles. The third-order valence-corrected chi connectivity index (χ3v) is 2.59. The topological polar surface area (TPSA) is 130 Å². The molecule has 21 heavy (non-hydrogen) atoms. The van der Waals surface area contributed by atoms with E-state index in [9.17, 15) is 24.2 Å². The van der Waals surface area contributed by atoms with E-state index in [-0.39, 0.29) is 13.1 Å². The fourth-order valence-electron chi connectivity index (χ4n) is 0.985. The molecule has 1 atom stereocenters. The molecule has 0 radical (unpaired) electrons. The summed E-state index contributed by atoms with van der Waals surface area (Å²) in [5.41, 5.74) is -1.32. The van der Waals surface area contributed by atoms with Gasteiger partial charge in [0.1, 0.15) is 6.54 Å². The van der Waals surface area contributed by atoms with E-state index in [0.717, 1.165) is 0 Å². The van der Waals surface area contributed by atoms with E-state index < -0.39 is 19.2 Å². The summed E-state index contributed by atoms with van der Waals surface area (Å²) in [7, 11) is 6.27. The van der Waals surface area contributed by atoms with Crippen LogP contribution in [0.4, 0.5) is 4.79 Å². The van der Waals surface area contributed by atoms with E-state index in [1.807, 2.05) is 21.1 Å². The molecule has 0 saturated carbocycles. The van der Waals surface area contributed by atoms with Crippen LogP contribution in [-0.2, 0) is 9.36 Å². The number of rotatable bonds is 6. The Bertz CT molecular complexity index is 394. The lowest BCUT2D eigenvalue weighted by Crippen LogP contribution is -2.45. The van der Waals surface area contributed by atoms with Gasteiger partial charge in [0, 0.05) is 0 Å². The molecule has 0 aliphatic rings. The van der Waals surface area contributed by atoms with Gasteiger partial charge in [-0.25, -0.2) is 0 Å². The summed E-state index contributed by atoms with van der Waals surface area (Å²) in [5, 5.41) is 12.0. The Hall–Kier alpha value is -0.990. The molecular weight excluding hydrogens is 301 g/mol. The van der Waals surface area contributed by atoms with E-state index in [4.69, 9.17) is 4.89 Å². The van der Waals surface area contributed by atoms with Gasteiger partial charge in [0.05, 0.1) is 61.3 Å². The first-order chi connectivity index (χ1) is 9.04. The van der Waals surface area contributed by atoms with Crippen molar-refractivity contribution in [2.75, 3.05) is 61.9 Å². The van der Waals surface area contributed by atoms with Crippen LogP contribution >= 0.6 is 7.60 Å². The Kier molecular flexibility index (Phi) is 8.97. The molecular formula is C11H26N3O6P. The summed E-state index contributed by atoms with van der Waals surface area (Å²) in [5.74, 6) is -1.00. The van der Waals surface area contributed by atoms with Gasteiger partial charge in [-0.2, -0.15) is 0 Å². The lowest BCUT2D eigenvalue weighted by molar-refractivity contribution is -0.869. The van der Waals surface area contributed by atoms with Crippen molar-refractivity contribution in [2.24, 2.45) is 0 Å². The molecule has 0 spiro atoms. The SMILES string of the molecule is C[N+](C)(C)CC(=O)[O-].C[N+](C)(C)CCNC(=O)P(=O)([O-])O. The molecule has 10 heteroatoms. The van der Waals surface area contributed by atoms with Gasteiger partial charge in [0.2, 0.25) is 7.60 Å². The van der Waals surface area contributed by atoms with Gasteiger partial charge in [-0.05, 0) is 0 Å². The quantitative estimate of drug-likeness (QED) is 0.406. The lowest BCUT2D eigenvalue weighted by atomic mass is 10.5. The zero-order valence-electron chi connectivity index (χ0n) is 13.5. The van der Waals surface area contributed by atoms with E-state index in [1.165, 1.54) is 0 Å². The number of amides is 1. The molecule has 1 unspecified atom stereocenters. The first kappa shape index (κ1) is 22.3. The van der Waals surface area contributed by atoms with Crippen molar-refractivity contribution in [1.82, 2.24) is 5.32 Å². The number of hydrogen-bond donors (Lipinski definition) is 2. The maximum absolute atomic E-state index is 10.6. The number of hydrogen-bond acceptors (Lipinski definition) is 5. The highest BCUT2D eigenvalue weighted by molar-refractivity contribution is 7.68. The van der Waals surface area contributed by atoms with Crippen molar-refractivity contribution in [3.8, 4) is 0 Å². The van der Waals surface area contributed by atoms with Gasteiger partial charge in [-0.1, -0.05) is 0 Å². The zero-order chi connectivity index (χ0) is 17.5. The normalized spacial score (nSPS) is 14.5. The molecule has 1 amide bonds. The number of carboxylic acid groups (broad SMARTS) is 1. The Morgan fingerprint density at radius 1 is 1.10 bits per heavy atom. The fourth-order valence-corrected chi connectivity index (χ4v) is 1.30. The number of nitrogens with one attached hydrogen (secondary N) is 1. The number of carbonyl (C=O) groups is 2. The monoisotopic (exact) mass is 327 g/mol. The average molecular weight is 327 g/mol. The molecule has 2 N–H and O–H groups in total. The molecule has 0 aliphatic carbocycles. The van der Waals surface area contributed by atoms with Crippen LogP contribution in [0.15, 0.2) is 0 Å². The number of carboxylic acids is 1. The molecule has 0 saturated heterocycles. The molecule has 0 aliphatic heterocycles. The number of aliphatic carboxylic acids is 1. The average Bonchev–Trinajstić information content (AvgIpc) is 2.10. The number of nitrogens with zero attached hydrogens (tertiary/aromatic N) is 2. The number of likely N-dealkylation sites (N-methyl/N-ethyl adjacent to an activating group) is 2. The molecule has 0 aromatic rings. The van der Waals surface area contributed by atoms with Crippen molar-refractivity contribution >= 4 is 19.2 Å². The second-order valence-electron chi connectivity index (χ2n) is 6.59. The van der Waals surface area contributed by atoms with Crippen LogP contribution in [-0.4, -0.2) is 87.4 Å². The Morgan fingerprint density at radius 2 is 1.52 bits per heavy atom. The predicted molar refractivity (Wildman–Crippen MR) is 74.0 cm³/mol. The van der Waals surface area contributed by atoms with Crippen LogP contribution in [0.1, 0.15) is 0 Å². The highest BCUT2D eigenvalue weighted by Crippen LogP contribution is 2.28. The van der Waals surface area contributed by atoms with Gasteiger partial charge < -0.3 is 34.0 Å². The third-order valence-electron chi connectivity index (χ3n) is 1.92. The fraction of sp³-hybridized carbons (Fsp3) is 0.818. The van der Waals surface area contributed by atoms with E-state index >= 15 is 0 Å². The van der Waals surface area contributed by atoms with E-state index in [0.29, 0.717) is 15.5 Å². The highest BCUT2D eigenvalue weighted by atomic mass is 31.2. The van der Waals surface area contributed by atoms with Crippen molar-refractivity contribution in [3.63, 3.8) is 0 Å². The van der Waals surface area contributed by atoms with E-state index in [1.54, 1.807) is 21.1 Å². The second kappa shape index (κ2) is 8.45. The van der Waals surface area contributed by atoms with Crippen molar-refractivity contribution in [3.05, 3.63) is 0 Å². The second-order valence-corrected chi connectivity index (χ2v) is 8.03. The summed E-state index contributed by atoms with van der Waals surface area (Å²) >= 11 is 0. The minimum atomic E-state index is -4.85. The predicted octanol–water partition coefficient (Wildman–Crippen LogP) is -2.61. The van der Waals surface area contributed by atoms with Gasteiger partial charge in [0.25, 0.3) is 5.65 Å². The molecule has 126 valence electrons. The van der Waals surface area contributed by atoms with Crippen LogP contribution in [0, 0.1) is 0 Å². The van der Waals surface area contributed by atoms with Crippen molar-refractivity contribution < 1.29 is 38.0 Å². The maximum atomic E-state index is 10.6. The lowest BCUT2D eigenvalue weighted by Gasteiger charge is -2.24. The first-order valence-corrected chi connectivity index (χ1v) is 7.75. The van der Waals surface area contributed by atoms with Crippen LogP contribution in [0.3, 0.4) is 0 Å². The van der Waals surface area contributed by atoms with Gasteiger partial charge in [-0.3, -0.25) is 9.36 Å². The van der Waals surface area contributed by atoms with Crippen molar-refractivity contribution in [1.29, 1.82) is 0 Å². The van der Waals surface area contributed by atoms with Crippen LogP contribution in [0.2, 0.25) is 0 Å². The Labute approximate surface area is 125 Å². The van der Waals surface area contributed by atoms with Gasteiger partial charge >= 0.3 is 0 Å². The largest absolute Gasteiger partial charge is 0.772 e. The smallest absolute Gasteiger partial charge is 0.291 e. The van der Waals surface area contributed by atoms with Crippen LogP contribution < -0.4 is 15.3 Å². The Balaban J connectivity index is 0. The summed E-state index contributed by atoms with van der Waals surface area (Å²) in [4.78, 5) is 39.0. The molecule has 0 aromatic carbocycles. The molecule has 0 fully saturated rings. The summed E-state index contributed by atoms with van der Waals surface area (Å²) < 4.78 is 11.3. The van der Waals surface area contributed by atoms with E-state index in [2.05, 4.69) is 5.32 Å². The zero-order valence-corrected chi connectivity index (χ0v) is 14.3. The summed E-state index contributed by atoms with van der Waals surface area (Å²) in [6, 6.07) is 0. The molecule has 0 aromatic heterocycles. The summed E-state index contributed by atoms with van der Waals surface area (Å²) in [6.45, 7) is 0.876. The highest BCUT2D eigenvalue weighted by Gasteiger charge is 2.15. The minimum Gasteiger partial charge on any atom is -0.772 e. The van der Waals surface area contributed by atoms with Crippen LogP contribution in [0.5, 0.6) is 0 Å². The van der Waals surface area contributed by atoms with Crippen molar-refractivity contribution in [2.45, 2.75) is 0 Å². The molecule has 0 rings (SSSR count).